The summed E-state index contributed by atoms with van der Waals surface area (Å²) in [5.74, 6) is 0.587. The smallest absolute Gasteiger partial charge is 0.256 e. The summed E-state index contributed by atoms with van der Waals surface area (Å²) in [6, 6.07) is 26.3. The third-order valence-corrected chi connectivity index (χ3v) is 8.48. The summed E-state index contributed by atoms with van der Waals surface area (Å²) in [4.78, 5) is 17.8. The Kier molecular flexibility index (Phi) is 8.01. The molecular weight excluding hydrogens is 624 g/mol. The van der Waals surface area contributed by atoms with E-state index in [1.165, 1.54) is 23.5 Å². The van der Waals surface area contributed by atoms with Gasteiger partial charge in [-0.15, -0.1) is 0 Å². The molecule has 0 aliphatic carbocycles. The second-order valence-corrected chi connectivity index (χ2v) is 12.4. The maximum Gasteiger partial charge on any atom is 0.256 e. The molecule has 3 N–H and O–H groups in total. The lowest BCUT2D eigenvalue weighted by Crippen LogP contribution is -2.11. The number of carbonyl (C=O) groups is 1. The van der Waals surface area contributed by atoms with Crippen LogP contribution < -0.4 is 10.5 Å². The van der Waals surface area contributed by atoms with E-state index in [0.29, 0.717) is 38.4 Å². The standard InChI is InChI=1S/C30H21BrN4O4S2/c1-18-2-4-20(5-3-18)27-30(35-28(36)21-6-10-23(31)11-7-21)40-29(34-27)22(17-32)16-24-12-15-26(39-24)19-8-13-25(14-9-19)41(33,37)38/h2-16H,1H3,(H,35,36)(H2,33,37,38). The number of nitrogens with one attached hydrogen (secondary N) is 1. The Morgan fingerprint density at radius 2 is 1.66 bits per heavy atom. The summed E-state index contributed by atoms with van der Waals surface area (Å²) in [6.07, 6.45) is 1.57. The molecule has 41 heavy (non-hydrogen) atoms. The maximum atomic E-state index is 13.0. The Labute approximate surface area is 249 Å². The van der Waals surface area contributed by atoms with E-state index in [2.05, 4.69) is 27.3 Å². The molecule has 2 heterocycles. The topological polar surface area (TPSA) is 139 Å². The molecule has 0 saturated heterocycles. The van der Waals surface area contributed by atoms with Crippen LogP contribution in [0.4, 0.5) is 5.00 Å². The molecule has 0 radical (unpaired) electrons. The van der Waals surface area contributed by atoms with Gasteiger partial charge >= 0.3 is 0 Å². The van der Waals surface area contributed by atoms with Crippen LogP contribution in [0.15, 0.2) is 98.7 Å². The molecule has 3 aromatic carbocycles. The van der Waals surface area contributed by atoms with Crippen molar-refractivity contribution in [2.75, 3.05) is 5.32 Å². The molecule has 0 unspecified atom stereocenters. The minimum atomic E-state index is -3.81. The lowest BCUT2D eigenvalue weighted by Gasteiger charge is -2.06. The molecule has 0 bridgehead atoms. The molecular formula is C30H21BrN4O4S2. The van der Waals surface area contributed by atoms with Crippen molar-refractivity contribution < 1.29 is 17.6 Å². The number of aryl methyl sites for hydroxylation is 1. The number of carbonyl (C=O) groups excluding carboxylic acids is 1. The molecule has 0 atom stereocenters. The molecule has 0 spiro atoms. The normalized spacial score (nSPS) is 11.7. The number of nitriles is 1. The summed E-state index contributed by atoms with van der Waals surface area (Å²) in [7, 11) is -3.81. The van der Waals surface area contributed by atoms with E-state index in [4.69, 9.17) is 14.5 Å². The van der Waals surface area contributed by atoms with Crippen LogP contribution in [0.1, 0.15) is 26.7 Å². The highest BCUT2D eigenvalue weighted by atomic mass is 79.9. The molecule has 204 valence electrons. The highest BCUT2D eigenvalue weighted by Crippen LogP contribution is 2.37. The van der Waals surface area contributed by atoms with Crippen molar-refractivity contribution in [1.29, 1.82) is 5.26 Å². The van der Waals surface area contributed by atoms with Crippen LogP contribution >= 0.6 is 27.3 Å². The largest absolute Gasteiger partial charge is 0.457 e. The van der Waals surface area contributed by atoms with E-state index in [0.717, 1.165) is 15.6 Å². The predicted octanol–water partition coefficient (Wildman–Crippen LogP) is 7.10. The number of primary sulfonamides is 1. The number of nitrogens with two attached hydrogens (primary N) is 1. The summed E-state index contributed by atoms with van der Waals surface area (Å²) in [6.45, 7) is 1.98. The van der Waals surface area contributed by atoms with Crippen molar-refractivity contribution in [2.24, 2.45) is 5.14 Å². The minimum Gasteiger partial charge on any atom is -0.457 e. The van der Waals surface area contributed by atoms with Gasteiger partial charge in [-0.25, -0.2) is 18.5 Å². The molecule has 0 aliphatic heterocycles. The van der Waals surface area contributed by atoms with E-state index in [1.807, 2.05) is 31.2 Å². The second kappa shape index (κ2) is 11.6. The van der Waals surface area contributed by atoms with Crippen molar-refractivity contribution >= 4 is 59.8 Å². The first-order chi connectivity index (χ1) is 19.6. The maximum absolute atomic E-state index is 13.0. The summed E-state index contributed by atoms with van der Waals surface area (Å²) < 4.78 is 29.8. The molecule has 5 aromatic rings. The van der Waals surface area contributed by atoms with Crippen LogP contribution in [-0.4, -0.2) is 19.3 Å². The molecule has 0 saturated carbocycles. The van der Waals surface area contributed by atoms with Gasteiger partial charge in [0.25, 0.3) is 5.91 Å². The van der Waals surface area contributed by atoms with E-state index in [-0.39, 0.29) is 16.4 Å². The number of benzene rings is 3. The zero-order valence-corrected chi connectivity index (χ0v) is 24.7. The first-order valence-electron chi connectivity index (χ1n) is 12.1. The van der Waals surface area contributed by atoms with Crippen molar-refractivity contribution in [3.8, 4) is 28.7 Å². The number of anilines is 1. The van der Waals surface area contributed by atoms with Crippen molar-refractivity contribution in [2.45, 2.75) is 11.8 Å². The van der Waals surface area contributed by atoms with Gasteiger partial charge in [-0.2, -0.15) is 5.26 Å². The van der Waals surface area contributed by atoms with E-state index >= 15 is 0 Å². The van der Waals surface area contributed by atoms with Crippen LogP contribution in [0.5, 0.6) is 0 Å². The molecule has 8 nitrogen and oxygen atoms in total. The quantitative estimate of drug-likeness (QED) is 0.181. The van der Waals surface area contributed by atoms with Crippen LogP contribution in [0.3, 0.4) is 0 Å². The number of allylic oxidation sites excluding steroid dienone is 1. The number of aromatic nitrogens is 1. The number of hydrogen-bond donors (Lipinski definition) is 2. The molecule has 0 aliphatic rings. The molecule has 5 rings (SSSR count). The third kappa shape index (κ3) is 6.53. The van der Waals surface area contributed by atoms with Gasteiger partial charge in [-0.3, -0.25) is 4.79 Å². The highest BCUT2D eigenvalue weighted by molar-refractivity contribution is 9.10. The van der Waals surface area contributed by atoms with Gasteiger partial charge in [0, 0.05) is 27.2 Å². The van der Waals surface area contributed by atoms with Crippen LogP contribution in [-0.2, 0) is 10.0 Å². The van der Waals surface area contributed by atoms with Crippen LogP contribution in [0, 0.1) is 18.3 Å². The zero-order chi connectivity index (χ0) is 29.1. The van der Waals surface area contributed by atoms with Gasteiger partial charge in [-0.1, -0.05) is 57.1 Å². The monoisotopic (exact) mass is 644 g/mol. The third-order valence-electron chi connectivity index (χ3n) is 6.02. The Morgan fingerprint density at radius 3 is 2.29 bits per heavy atom. The number of furan rings is 1. The Hall–Kier alpha value is -4.34. The number of halogens is 1. The fourth-order valence-corrected chi connectivity index (χ4v) is 5.61. The van der Waals surface area contributed by atoms with Gasteiger partial charge in [0.1, 0.15) is 33.3 Å². The second-order valence-electron chi connectivity index (χ2n) is 8.97. The van der Waals surface area contributed by atoms with Gasteiger partial charge in [0.05, 0.1) is 10.5 Å². The average Bonchev–Trinajstić information content (AvgIpc) is 3.59. The highest BCUT2D eigenvalue weighted by Gasteiger charge is 2.19. The van der Waals surface area contributed by atoms with Gasteiger partial charge in [0.2, 0.25) is 10.0 Å². The molecule has 0 fully saturated rings. The summed E-state index contributed by atoms with van der Waals surface area (Å²) >= 11 is 4.57. The number of nitrogens with zero attached hydrogens (tertiary/aromatic N) is 2. The van der Waals surface area contributed by atoms with Crippen molar-refractivity contribution in [3.63, 3.8) is 0 Å². The average molecular weight is 646 g/mol. The SMILES string of the molecule is Cc1ccc(-c2nc(C(C#N)=Cc3ccc(-c4ccc(S(N)(=O)=O)cc4)o3)sc2NC(=O)c2ccc(Br)cc2)cc1. The van der Waals surface area contributed by atoms with E-state index in [1.54, 1.807) is 54.6 Å². The lowest BCUT2D eigenvalue weighted by atomic mass is 10.1. The predicted molar refractivity (Wildman–Crippen MR) is 163 cm³/mol. The fourth-order valence-electron chi connectivity index (χ4n) is 3.88. The van der Waals surface area contributed by atoms with Gasteiger partial charge in [0.15, 0.2) is 0 Å². The van der Waals surface area contributed by atoms with E-state index < -0.39 is 10.0 Å². The van der Waals surface area contributed by atoms with Crippen LogP contribution in [0.25, 0.3) is 34.2 Å². The first kappa shape index (κ1) is 28.2. The van der Waals surface area contributed by atoms with Gasteiger partial charge < -0.3 is 9.73 Å². The van der Waals surface area contributed by atoms with Crippen LogP contribution in [0.2, 0.25) is 0 Å². The Bertz CT molecular complexity index is 1920. The van der Waals surface area contributed by atoms with Gasteiger partial charge in [-0.05, 0) is 67.6 Å². The lowest BCUT2D eigenvalue weighted by molar-refractivity contribution is 0.102. The number of thiazole rings is 1. The fraction of sp³-hybridized carbons (Fsp3) is 0.0333. The number of amides is 1. The summed E-state index contributed by atoms with van der Waals surface area (Å²) in [5, 5.41) is 19.1. The summed E-state index contributed by atoms with van der Waals surface area (Å²) in [5.41, 5.74) is 3.79. The Balaban J connectivity index is 1.48. The number of rotatable bonds is 7. The minimum absolute atomic E-state index is 0.00382. The number of sulfonamides is 1. The zero-order valence-electron chi connectivity index (χ0n) is 21.5. The van der Waals surface area contributed by atoms with Crippen molar-refractivity contribution in [3.05, 3.63) is 111 Å². The Morgan fingerprint density at radius 1 is 1.00 bits per heavy atom. The van der Waals surface area contributed by atoms with E-state index in [9.17, 15) is 18.5 Å². The molecule has 11 heteroatoms. The molecule has 2 aromatic heterocycles. The number of hydrogen-bond acceptors (Lipinski definition) is 7. The van der Waals surface area contributed by atoms with Crippen molar-refractivity contribution in [1.82, 2.24) is 4.98 Å². The molecule has 1 amide bonds. The first-order valence-corrected chi connectivity index (χ1v) is 15.3.